The van der Waals surface area contributed by atoms with Crippen LogP contribution in [0.2, 0.25) is 5.02 Å². The molecule has 8 heteroatoms. The van der Waals surface area contributed by atoms with Gasteiger partial charge in [-0.2, -0.15) is 0 Å². The van der Waals surface area contributed by atoms with E-state index in [-0.39, 0.29) is 11.2 Å². The maximum Gasteiger partial charge on any atom is 0.256 e. The Morgan fingerprint density at radius 3 is 2.53 bits per heavy atom. The fourth-order valence-electron chi connectivity index (χ4n) is 5.01. The zero-order chi connectivity index (χ0) is 20.9. The van der Waals surface area contributed by atoms with E-state index >= 15 is 0 Å². The van der Waals surface area contributed by atoms with Crippen molar-refractivity contribution in [1.29, 1.82) is 0 Å². The van der Waals surface area contributed by atoms with Crippen LogP contribution in [0.5, 0.6) is 17.2 Å². The molecular formula is C22H23ClN2O4S. The molecule has 3 heterocycles. The first-order chi connectivity index (χ1) is 14.4. The minimum absolute atomic E-state index is 0.110. The number of benzene rings is 2. The van der Waals surface area contributed by atoms with Crippen LogP contribution in [0.4, 0.5) is 0 Å². The highest BCUT2D eigenvalue weighted by atomic mass is 35.5. The molecule has 30 heavy (non-hydrogen) atoms. The van der Waals surface area contributed by atoms with E-state index in [0.717, 1.165) is 37.1 Å². The minimum atomic E-state index is -3.38. The Morgan fingerprint density at radius 2 is 1.83 bits per heavy atom. The van der Waals surface area contributed by atoms with Gasteiger partial charge in [0.15, 0.2) is 11.5 Å². The topological polar surface area (TPSA) is 68.2 Å². The van der Waals surface area contributed by atoms with Crippen LogP contribution in [0.15, 0.2) is 46.9 Å². The van der Waals surface area contributed by atoms with Gasteiger partial charge in [-0.1, -0.05) is 23.7 Å². The molecule has 2 aromatic rings. The van der Waals surface area contributed by atoms with Gasteiger partial charge in [0.1, 0.15) is 11.6 Å². The van der Waals surface area contributed by atoms with E-state index in [1.54, 1.807) is 25.3 Å². The molecule has 6 nitrogen and oxygen atoms in total. The molecule has 2 aromatic carbocycles. The number of rotatable bonds is 4. The molecule has 0 atom stereocenters. The van der Waals surface area contributed by atoms with Crippen molar-refractivity contribution in [2.45, 2.75) is 37.1 Å². The van der Waals surface area contributed by atoms with Crippen LogP contribution in [0.3, 0.4) is 0 Å². The highest BCUT2D eigenvalue weighted by Gasteiger charge is 2.52. The lowest BCUT2D eigenvalue weighted by Gasteiger charge is -2.55. The van der Waals surface area contributed by atoms with Crippen LogP contribution in [0, 0.1) is 0 Å². The number of nitrogens with zero attached hydrogens (tertiary/aromatic N) is 2. The lowest BCUT2D eigenvalue weighted by atomic mass is 9.63. The molecule has 0 amide bonds. The van der Waals surface area contributed by atoms with Crippen molar-refractivity contribution in [2.24, 2.45) is 4.40 Å². The van der Waals surface area contributed by atoms with Crippen molar-refractivity contribution in [2.75, 3.05) is 19.4 Å². The molecule has 1 aliphatic carbocycles. The van der Waals surface area contributed by atoms with Crippen LogP contribution in [-0.2, 0) is 15.4 Å². The molecular weight excluding hydrogens is 424 g/mol. The summed E-state index contributed by atoms with van der Waals surface area (Å²) in [6.45, 7) is 0.547. The number of halogens is 1. The average Bonchev–Trinajstić information content (AvgIpc) is 2.75. The summed E-state index contributed by atoms with van der Waals surface area (Å²) in [4.78, 5) is 2.23. The van der Waals surface area contributed by atoms with Crippen molar-refractivity contribution >= 4 is 27.5 Å². The maximum absolute atomic E-state index is 12.2. The number of ether oxygens (including phenoxy) is 2. The zero-order valence-corrected chi connectivity index (χ0v) is 18.2. The van der Waals surface area contributed by atoms with Gasteiger partial charge in [-0.05, 0) is 55.5 Å². The fraction of sp³-hybridized carbons (Fsp3) is 0.409. The van der Waals surface area contributed by atoms with Crippen LogP contribution in [-0.4, -0.2) is 44.6 Å². The van der Waals surface area contributed by atoms with Gasteiger partial charge in [0, 0.05) is 23.7 Å². The Morgan fingerprint density at radius 1 is 1.10 bits per heavy atom. The lowest BCUT2D eigenvalue weighted by Crippen LogP contribution is -2.62. The second kappa shape index (κ2) is 7.17. The van der Waals surface area contributed by atoms with E-state index in [0.29, 0.717) is 34.9 Å². The Kier molecular flexibility index (Phi) is 4.71. The third kappa shape index (κ3) is 3.24. The molecule has 4 aliphatic rings. The SMILES string of the molecule is COc1cc(Cl)ccc1Oc1ccc(C23CCC(CC2)N2CCS(=O)(=O)N=C23)cc1. The van der Waals surface area contributed by atoms with Crippen molar-refractivity contribution in [3.05, 3.63) is 53.1 Å². The number of hydrogen-bond acceptors (Lipinski definition) is 5. The van der Waals surface area contributed by atoms with E-state index in [9.17, 15) is 8.42 Å². The highest BCUT2D eigenvalue weighted by Crippen LogP contribution is 2.49. The van der Waals surface area contributed by atoms with Crippen molar-refractivity contribution in [3.63, 3.8) is 0 Å². The number of sulfonamides is 1. The van der Waals surface area contributed by atoms with Crippen molar-refractivity contribution in [3.8, 4) is 17.2 Å². The summed E-state index contributed by atoms with van der Waals surface area (Å²) in [7, 11) is -1.81. The molecule has 0 spiro atoms. The molecule has 3 fully saturated rings. The van der Waals surface area contributed by atoms with Crippen molar-refractivity contribution in [1.82, 2.24) is 4.90 Å². The van der Waals surface area contributed by atoms with Gasteiger partial charge in [-0.15, -0.1) is 4.40 Å². The summed E-state index contributed by atoms with van der Waals surface area (Å²) in [5, 5.41) is 0.578. The summed E-state index contributed by atoms with van der Waals surface area (Å²) in [6.07, 6.45) is 3.99. The predicted octanol–water partition coefficient (Wildman–Crippen LogP) is 4.38. The first kappa shape index (κ1) is 19.7. The molecule has 0 N–H and O–H groups in total. The van der Waals surface area contributed by atoms with Crippen molar-refractivity contribution < 1.29 is 17.9 Å². The van der Waals surface area contributed by atoms with Gasteiger partial charge in [0.25, 0.3) is 10.0 Å². The highest BCUT2D eigenvalue weighted by molar-refractivity contribution is 7.90. The Bertz CT molecular complexity index is 1110. The fourth-order valence-corrected chi connectivity index (χ4v) is 6.23. The smallest absolute Gasteiger partial charge is 0.256 e. The second-order valence-corrected chi connectivity index (χ2v) is 10.3. The molecule has 0 unspecified atom stereocenters. The third-order valence-electron chi connectivity index (χ3n) is 6.53. The zero-order valence-electron chi connectivity index (χ0n) is 16.7. The van der Waals surface area contributed by atoms with Crippen LogP contribution in [0.25, 0.3) is 0 Å². The second-order valence-electron chi connectivity index (χ2n) is 8.13. The Labute approximate surface area is 181 Å². The maximum atomic E-state index is 12.2. The number of amidine groups is 1. The first-order valence-electron chi connectivity index (χ1n) is 10.1. The Hall–Kier alpha value is -2.25. The molecule has 0 aromatic heterocycles. The van der Waals surface area contributed by atoms with Crippen LogP contribution >= 0.6 is 11.6 Å². The van der Waals surface area contributed by atoms with E-state index < -0.39 is 10.0 Å². The normalized spacial score (nSPS) is 26.7. The molecule has 6 rings (SSSR count). The van der Waals surface area contributed by atoms with Gasteiger partial charge in [-0.3, -0.25) is 0 Å². The van der Waals surface area contributed by atoms with Gasteiger partial charge in [0.2, 0.25) is 0 Å². The molecule has 2 saturated heterocycles. The summed E-state index contributed by atoms with van der Waals surface area (Å²) in [5.41, 5.74) is 0.760. The molecule has 3 aliphatic heterocycles. The van der Waals surface area contributed by atoms with E-state index in [1.165, 1.54) is 0 Å². The summed E-state index contributed by atoms with van der Waals surface area (Å²) >= 11 is 6.02. The summed E-state index contributed by atoms with van der Waals surface area (Å²) < 4.78 is 40.1. The van der Waals surface area contributed by atoms with Gasteiger partial charge in [-0.25, -0.2) is 8.42 Å². The Balaban J connectivity index is 1.47. The summed E-state index contributed by atoms with van der Waals surface area (Å²) in [6, 6.07) is 13.6. The number of methoxy groups -OCH3 is 1. The first-order valence-corrected chi connectivity index (χ1v) is 12.1. The predicted molar refractivity (Wildman–Crippen MR) is 116 cm³/mol. The van der Waals surface area contributed by atoms with E-state index in [4.69, 9.17) is 21.1 Å². The molecule has 0 radical (unpaired) electrons. The van der Waals surface area contributed by atoms with Gasteiger partial charge < -0.3 is 14.4 Å². The quantitative estimate of drug-likeness (QED) is 0.697. The van der Waals surface area contributed by atoms with Gasteiger partial charge in [0.05, 0.1) is 18.3 Å². The van der Waals surface area contributed by atoms with E-state index in [2.05, 4.69) is 9.30 Å². The third-order valence-corrected chi connectivity index (χ3v) is 7.91. The summed E-state index contributed by atoms with van der Waals surface area (Å²) in [5.74, 6) is 2.67. The monoisotopic (exact) mass is 446 g/mol. The molecule has 1 saturated carbocycles. The van der Waals surface area contributed by atoms with Gasteiger partial charge >= 0.3 is 0 Å². The van der Waals surface area contributed by atoms with Crippen LogP contribution in [0.1, 0.15) is 31.2 Å². The van der Waals surface area contributed by atoms with Crippen LogP contribution < -0.4 is 9.47 Å². The minimum Gasteiger partial charge on any atom is -0.493 e. The lowest BCUT2D eigenvalue weighted by molar-refractivity contribution is 0.151. The average molecular weight is 447 g/mol. The molecule has 2 bridgehead atoms. The standard InChI is InChI=1S/C22H23ClN2O4S/c1-28-20-14-16(23)4-7-19(20)29-18-5-2-15(3-6-18)22-10-8-17(9-11-22)25-12-13-30(26,27)24-21(22)25/h2-7,14,17H,8-13H2,1H3. The number of hydrogen-bond donors (Lipinski definition) is 0. The largest absolute Gasteiger partial charge is 0.493 e. The number of piperidine rings is 2. The molecule has 158 valence electrons. The van der Waals surface area contributed by atoms with E-state index in [1.807, 2.05) is 24.3 Å². The number of fused-ring (bicyclic) bond motifs is 2.